The van der Waals surface area contributed by atoms with Gasteiger partial charge in [-0.05, 0) is 60.4 Å². The fourth-order valence-electron chi connectivity index (χ4n) is 6.63. The van der Waals surface area contributed by atoms with Crippen LogP contribution in [0, 0.1) is 0 Å². The molecule has 3 N–H and O–H groups in total. The van der Waals surface area contributed by atoms with Crippen LogP contribution in [0.2, 0.25) is 0 Å². The van der Waals surface area contributed by atoms with E-state index in [1.54, 1.807) is 12.1 Å². The zero-order valence-corrected chi connectivity index (χ0v) is 25.5. The third-order valence-electron chi connectivity index (χ3n) is 9.10. The average Bonchev–Trinajstić information content (AvgIpc) is 3.44. The monoisotopic (exact) mass is 618 g/mol. The number of amides is 1. The van der Waals surface area contributed by atoms with Gasteiger partial charge in [0.2, 0.25) is 0 Å². The number of hydrogen-bond donors (Lipinski definition) is 3. The summed E-state index contributed by atoms with van der Waals surface area (Å²) in [5, 5.41) is 12.5. The zero-order valence-electron chi connectivity index (χ0n) is 25.5. The summed E-state index contributed by atoms with van der Waals surface area (Å²) in [7, 11) is 0. The molecule has 3 atom stereocenters. The Bertz CT molecular complexity index is 1830. The second-order valence-electron chi connectivity index (χ2n) is 12.1. The number of piperidine rings is 1. The van der Waals surface area contributed by atoms with Crippen molar-refractivity contribution in [3.05, 3.63) is 136 Å². The molecule has 0 bridgehead atoms. The molecule has 3 heterocycles. The molecule has 0 saturated carbocycles. The maximum Gasteiger partial charge on any atom is 0.326 e. The molecule has 1 amide bonds. The highest BCUT2D eigenvalue weighted by molar-refractivity contribution is 6.04. The number of anilines is 1. The number of benzene rings is 4. The number of nitrogens with one attached hydrogen (secondary N) is 2. The first-order valence-corrected chi connectivity index (χ1v) is 15.9. The van der Waals surface area contributed by atoms with Gasteiger partial charge in [-0.1, -0.05) is 66.7 Å². The van der Waals surface area contributed by atoms with Crippen LogP contribution < -0.4 is 11.0 Å². The van der Waals surface area contributed by atoms with Gasteiger partial charge in [0.15, 0.2) is 6.29 Å². The lowest BCUT2D eigenvalue weighted by atomic mass is 9.98. The van der Waals surface area contributed by atoms with Gasteiger partial charge in [0, 0.05) is 48.9 Å². The SMILES string of the molecule is O=C(Nc1ccc(C2OC(CN3CCC(n4c(=O)[nH]c5ccccc54)CC3)CC(c3ccc(CO)cc3)O2)cc1)c1ccccc1. The summed E-state index contributed by atoms with van der Waals surface area (Å²) in [6, 6.07) is 32.7. The summed E-state index contributed by atoms with van der Waals surface area (Å²) in [5.41, 5.74) is 5.85. The third-order valence-corrected chi connectivity index (χ3v) is 9.10. The Labute approximate surface area is 267 Å². The lowest BCUT2D eigenvalue weighted by Crippen LogP contribution is -2.43. The number of imidazole rings is 1. The smallest absolute Gasteiger partial charge is 0.326 e. The van der Waals surface area contributed by atoms with E-state index in [0.29, 0.717) is 17.7 Å². The minimum absolute atomic E-state index is 0.00600. The minimum Gasteiger partial charge on any atom is -0.392 e. The van der Waals surface area contributed by atoms with Gasteiger partial charge in [0.05, 0.1) is 29.8 Å². The van der Waals surface area contributed by atoms with Gasteiger partial charge in [-0.2, -0.15) is 0 Å². The van der Waals surface area contributed by atoms with Gasteiger partial charge in [0.25, 0.3) is 5.91 Å². The molecule has 2 fully saturated rings. The Morgan fingerprint density at radius 1 is 0.848 bits per heavy atom. The lowest BCUT2D eigenvalue weighted by Gasteiger charge is -2.40. The first-order valence-electron chi connectivity index (χ1n) is 15.9. The van der Waals surface area contributed by atoms with E-state index in [2.05, 4.69) is 15.2 Å². The molecule has 2 saturated heterocycles. The number of para-hydroxylation sites is 2. The fraction of sp³-hybridized carbons (Fsp3) is 0.297. The van der Waals surface area contributed by atoms with Crippen molar-refractivity contribution in [2.24, 2.45) is 0 Å². The fourth-order valence-corrected chi connectivity index (χ4v) is 6.63. The molecular weight excluding hydrogens is 580 g/mol. The molecule has 0 spiro atoms. The normalized spacial score (nSPS) is 20.9. The van der Waals surface area contributed by atoms with Gasteiger partial charge in [-0.25, -0.2) is 4.79 Å². The second-order valence-corrected chi connectivity index (χ2v) is 12.1. The van der Waals surface area contributed by atoms with Crippen LogP contribution in [0.5, 0.6) is 0 Å². The maximum atomic E-state index is 12.8. The molecule has 5 aromatic rings. The van der Waals surface area contributed by atoms with Gasteiger partial charge in [-0.15, -0.1) is 0 Å². The first kappa shape index (κ1) is 30.1. The van der Waals surface area contributed by atoms with E-state index >= 15 is 0 Å². The van der Waals surface area contributed by atoms with Crippen LogP contribution in [-0.2, 0) is 16.1 Å². The summed E-state index contributed by atoms with van der Waals surface area (Å²) in [4.78, 5) is 30.8. The molecule has 4 aromatic carbocycles. The standard InChI is InChI=1S/C37H38N4O5/c42-24-25-10-12-26(13-11-25)34-22-31(23-40-20-18-30(19-21-40)41-33-9-5-4-8-32(33)39-37(41)44)45-36(46-34)28-14-16-29(17-15-28)38-35(43)27-6-2-1-3-7-27/h1-17,30-31,34,36,42H,18-24H2,(H,38,43)(H,39,44). The van der Waals surface area contributed by atoms with Crippen molar-refractivity contribution in [2.75, 3.05) is 25.0 Å². The average molecular weight is 619 g/mol. The molecule has 46 heavy (non-hydrogen) atoms. The highest BCUT2D eigenvalue weighted by Gasteiger charge is 2.34. The number of aliphatic hydroxyl groups is 1. The van der Waals surface area contributed by atoms with Crippen molar-refractivity contribution >= 4 is 22.6 Å². The zero-order chi connectivity index (χ0) is 31.5. The van der Waals surface area contributed by atoms with Gasteiger partial charge >= 0.3 is 5.69 Å². The van der Waals surface area contributed by atoms with Crippen LogP contribution in [0.3, 0.4) is 0 Å². The van der Waals surface area contributed by atoms with Crippen LogP contribution in [0.1, 0.15) is 64.7 Å². The number of aromatic amines is 1. The van der Waals surface area contributed by atoms with Gasteiger partial charge in [0.1, 0.15) is 0 Å². The van der Waals surface area contributed by atoms with E-state index in [1.165, 1.54) is 0 Å². The first-order chi connectivity index (χ1) is 22.5. The number of likely N-dealkylation sites (tertiary alicyclic amines) is 1. The Morgan fingerprint density at radius 3 is 2.28 bits per heavy atom. The third kappa shape index (κ3) is 6.54. The summed E-state index contributed by atoms with van der Waals surface area (Å²) in [6.45, 7) is 2.49. The number of rotatable bonds is 8. The Morgan fingerprint density at radius 2 is 1.54 bits per heavy atom. The number of carbonyl (C=O) groups excluding carboxylic acids is 1. The van der Waals surface area contributed by atoms with Crippen LogP contribution in [0.25, 0.3) is 11.0 Å². The highest BCUT2D eigenvalue weighted by atomic mass is 16.7. The Hall–Kier alpha value is -4.54. The molecule has 0 aliphatic carbocycles. The molecule has 1 aromatic heterocycles. The summed E-state index contributed by atoms with van der Waals surface area (Å²) < 4.78 is 15.0. The largest absolute Gasteiger partial charge is 0.392 e. The number of fused-ring (bicyclic) bond motifs is 1. The molecule has 2 aliphatic rings. The maximum absolute atomic E-state index is 12.8. The highest BCUT2D eigenvalue weighted by Crippen LogP contribution is 2.39. The Balaban J connectivity index is 1.04. The molecule has 9 nitrogen and oxygen atoms in total. The molecule has 7 rings (SSSR count). The lowest BCUT2D eigenvalue weighted by molar-refractivity contribution is -0.253. The second kappa shape index (κ2) is 13.4. The van der Waals surface area contributed by atoms with E-state index in [9.17, 15) is 14.7 Å². The summed E-state index contributed by atoms with van der Waals surface area (Å²) >= 11 is 0. The van der Waals surface area contributed by atoms with Crippen molar-refractivity contribution in [3.63, 3.8) is 0 Å². The van der Waals surface area contributed by atoms with Crippen LogP contribution in [-0.4, -0.2) is 51.2 Å². The van der Waals surface area contributed by atoms with Crippen molar-refractivity contribution in [1.82, 2.24) is 14.5 Å². The predicted octanol–water partition coefficient (Wildman–Crippen LogP) is 5.96. The van der Waals surface area contributed by atoms with Gasteiger partial charge in [-0.3, -0.25) is 9.36 Å². The Kier molecular flexibility index (Phi) is 8.81. The number of carbonyl (C=O) groups is 1. The van der Waals surface area contributed by atoms with Crippen molar-refractivity contribution in [1.29, 1.82) is 0 Å². The van der Waals surface area contributed by atoms with E-state index in [4.69, 9.17) is 9.47 Å². The van der Waals surface area contributed by atoms with E-state index in [1.807, 2.05) is 95.6 Å². The summed E-state index contributed by atoms with van der Waals surface area (Å²) in [6.07, 6.45) is 1.62. The van der Waals surface area contributed by atoms with E-state index < -0.39 is 6.29 Å². The van der Waals surface area contributed by atoms with Crippen molar-refractivity contribution in [3.8, 4) is 0 Å². The quantitative estimate of drug-likeness (QED) is 0.198. The number of hydrogen-bond acceptors (Lipinski definition) is 6. The van der Waals surface area contributed by atoms with E-state index in [-0.39, 0.29) is 36.5 Å². The van der Waals surface area contributed by atoms with Crippen LogP contribution in [0.15, 0.2) is 108 Å². The topological polar surface area (TPSA) is 109 Å². The number of aromatic nitrogens is 2. The molecule has 236 valence electrons. The molecule has 9 heteroatoms. The molecule has 3 unspecified atom stereocenters. The number of ether oxygens (including phenoxy) is 2. The number of nitrogens with zero attached hydrogens (tertiary/aromatic N) is 2. The molecule has 0 radical (unpaired) electrons. The molecular formula is C37H38N4O5. The van der Waals surface area contributed by atoms with Crippen molar-refractivity contribution < 1.29 is 19.4 Å². The summed E-state index contributed by atoms with van der Waals surface area (Å²) in [5.74, 6) is -0.164. The van der Waals surface area contributed by atoms with Crippen molar-refractivity contribution in [2.45, 2.75) is 50.4 Å². The van der Waals surface area contributed by atoms with E-state index in [0.717, 1.165) is 60.2 Å². The van der Waals surface area contributed by atoms with Crippen LogP contribution >= 0.6 is 0 Å². The minimum atomic E-state index is -0.581. The number of H-pyrrole nitrogens is 1. The molecule has 2 aliphatic heterocycles. The van der Waals surface area contributed by atoms with Crippen LogP contribution in [0.4, 0.5) is 5.69 Å². The van der Waals surface area contributed by atoms with Gasteiger partial charge < -0.3 is 29.8 Å². The predicted molar refractivity (Wildman–Crippen MR) is 177 cm³/mol. The number of aliphatic hydroxyl groups excluding tert-OH is 1.